The summed E-state index contributed by atoms with van der Waals surface area (Å²) in [5.41, 5.74) is 1.01. The van der Waals surface area contributed by atoms with Crippen LogP contribution < -0.4 is 10.6 Å². The van der Waals surface area contributed by atoms with Gasteiger partial charge in [0.1, 0.15) is 5.69 Å². The summed E-state index contributed by atoms with van der Waals surface area (Å²) < 4.78 is 5.87. The number of amides is 1. The van der Waals surface area contributed by atoms with Gasteiger partial charge in [0, 0.05) is 36.6 Å². The molecule has 0 radical (unpaired) electrons. The van der Waals surface area contributed by atoms with Crippen LogP contribution in [0.3, 0.4) is 0 Å². The summed E-state index contributed by atoms with van der Waals surface area (Å²) in [5, 5.41) is 5.85. The second-order valence-corrected chi connectivity index (χ2v) is 5.42. The van der Waals surface area contributed by atoms with E-state index in [0.29, 0.717) is 30.5 Å². The molecular weight excluding hydrogens is 348 g/mol. The lowest BCUT2D eigenvalue weighted by atomic mass is 10.3. The van der Waals surface area contributed by atoms with Gasteiger partial charge in [-0.25, -0.2) is 9.97 Å². The van der Waals surface area contributed by atoms with E-state index in [0.717, 1.165) is 10.9 Å². The zero-order valence-electron chi connectivity index (χ0n) is 12.2. The van der Waals surface area contributed by atoms with E-state index in [9.17, 15) is 4.79 Å². The summed E-state index contributed by atoms with van der Waals surface area (Å²) in [4.78, 5) is 20.5. The number of carbonyl (C=O) groups excluding carboxylic acids is 1. The summed E-state index contributed by atoms with van der Waals surface area (Å²) >= 11 is 3.36. The van der Waals surface area contributed by atoms with E-state index in [-0.39, 0.29) is 5.91 Å². The van der Waals surface area contributed by atoms with Crippen LogP contribution in [0.1, 0.15) is 16.9 Å². The summed E-state index contributed by atoms with van der Waals surface area (Å²) in [6.45, 7) is 1.35. The zero-order valence-corrected chi connectivity index (χ0v) is 13.8. The molecule has 0 aliphatic heterocycles. The molecule has 1 amide bonds. The molecule has 1 aromatic heterocycles. The number of ether oxygens (including phenoxy) is 1. The van der Waals surface area contributed by atoms with Crippen molar-refractivity contribution in [1.82, 2.24) is 9.97 Å². The van der Waals surface area contributed by atoms with Crippen molar-refractivity contribution < 1.29 is 9.53 Å². The maximum atomic E-state index is 12.2. The summed E-state index contributed by atoms with van der Waals surface area (Å²) in [6.07, 6.45) is 2.40. The summed E-state index contributed by atoms with van der Waals surface area (Å²) in [7, 11) is 1.66. The average Bonchev–Trinajstić information content (AvgIpc) is 2.52. The molecule has 6 nitrogen and oxygen atoms in total. The number of benzene rings is 1. The van der Waals surface area contributed by atoms with Gasteiger partial charge in [-0.1, -0.05) is 22.0 Å². The fourth-order valence-electron chi connectivity index (χ4n) is 1.75. The first kappa shape index (κ1) is 16.4. The molecule has 0 aliphatic carbocycles. The quantitative estimate of drug-likeness (QED) is 0.738. The SMILES string of the molecule is COCCCNc1nccc(C(=O)Nc2cccc(Br)c2)n1. The molecule has 1 heterocycles. The van der Waals surface area contributed by atoms with Crippen LogP contribution in [0.25, 0.3) is 0 Å². The Morgan fingerprint density at radius 3 is 3.00 bits per heavy atom. The lowest BCUT2D eigenvalue weighted by molar-refractivity contribution is 0.102. The number of aromatic nitrogens is 2. The molecule has 0 spiro atoms. The highest BCUT2D eigenvalue weighted by Crippen LogP contribution is 2.16. The molecule has 0 fully saturated rings. The van der Waals surface area contributed by atoms with Gasteiger partial charge in [0.25, 0.3) is 5.91 Å². The lowest BCUT2D eigenvalue weighted by Crippen LogP contribution is -2.15. The molecule has 0 unspecified atom stereocenters. The molecule has 1 aromatic carbocycles. The van der Waals surface area contributed by atoms with E-state index in [4.69, 9.17) is 4.74 Å². The molecule has 2 aromatic rings. The van der Waals surface area contributed by atoms with Crippen molar-refractivity contribution in [2.45, 2.75) is 6.42 Å². The summed E-state index contributed by atoms with van der Waals surface area (Å²) in [5.74, 6) is 0.151. The highest BCUT2D eigenvalue weighted by Gasteiger charge is 2.09. The molecule has 7 heteroatoms. The first-order valence-electron chi connectivity index (χ1n) is 6.82. The topological polar surface area (TPSA) is 76.1 Å². The van der Waals surface area contributed by atoms with Crippen molar-refractivity contribution >= 4 is 33.5 Å². The van der Waals surface area contributed by atoms with Crippen LogP contribution in [-0.4, -0.2) is 36.1 Å². The Morgan fingerprint density at radius 2 is 2.23 bits per heavy atom. The second-order valence-electron chi connectivity index (χ2n) is 4.50. The number of halogens is 1. The number of anilines is 2. The van der Waals surface area contributed by atoms with Crippen molar-refractivity contribution in [3.63, 3.8) is 0 Å². The maximum absolute atomic E-state index is 12.2. The second kappa shape index (κ2) is 8.45. The van der Waals surface area contributed by atoms with Crippen LogP contribution in [0.4, 0.5) is 11.6 Å². The van der Waals surface area contributed by atoms with E-state index in [1.165, 1.54) is 0 Å². The molecule has 116 valence electrons. The van der Waals surface area contributed by atoms with Gasteiger partial charge in [0.15, 0.2) is 0 Å². The molecule has 0 bridgehead atoms. The number of nitrogens with one attached hydrogen (secondary N) is 2. The Hall–Kier alpha value is -1.99. The number of carbonyl (C=O) groups is 1. The molecule has 0 aliphatic rings. The number of methoxy groups -OCH3 is 1. The third-order valence-corrected chi connectivity index (χ3v) is 3.27. The fourth-order valence-corrected chi connectivity index (χ4v) is 2.15. The van der Waals surface area contributed by atoms with Gasteiger partial charge in [-0.15, -0.1) is 0 Å². The highest BCUT2D eigenvalue weighted by molar-refractivity contribution is 9.10. The number of rotatable bonds is 7. The van der Waals surface area contributed by atoms with Crippen LogP contribution in [0.5, 0.6) is 0 Å². The van der Waals surface area contributed by atoms with Crippen LogP contribution in [0.2, 0.25) is 0 Å². The van der Waals surface area contributed by atoms with Gasteiger partial charge in [-0.3, -0.25) is 4.79 Å². The number of nitrogens with zero attached hydrogens (tertiary/aromatic N) is 2. The molecule has 0 saturated heterocycles. The van der Waals surface area contributed by atoms with Gasteiger partial charge >= 0.3 is 0 Å². The maximum Gasteiger partial charge on any atom is 0.274 e. The first-order valence-corrected chi connectivity index (χ1v) is 7.61. The van der Waals surface area contributed by atoms with Crippen LogP contribution in [-0.2, 0) is 4.74 Å². The normalized spacial score (nSPS) is 10.3. The highest BCUT2D eigenvalue weighted by atomic mass is 79.9. The Labute approximate surface area is 137 Å². The third kappa shape index (κ3) is 5.09. The zero-order chi connectivity index (χ0) is 15.8. The van der Waals surface area contributed by atoms with Crippen molar-refractivity contribution in [3.05, 3.63) is 46.7 Å². The van der Waals surface area contributed by atoms with E-state index < -0.39 is 0 Å². The Morgan fingerprint density at radius 1 is 1.36 bits per heavy atom. The predicted molar refractivity (Wildman–Crippen MR) is 89.1 cm³/mol. The molecular formula is C15H17BrN4O2. The van der Waals surface area contributed by atoms with E-state index in [1.807, 2.05) is 24.3 Å². The number of hydrogen-bond donors (Lipinski definition) is 2. The monoisotopic (exact) mass is 364 g/mol. The first-order chi connectivity index (χ1) is 10.7. The average molecular weight is 365 g/mol. The lowest BCUT2D eigenvalue weighted by Gasteiger charge is -2.07. The third-order valence-electron chi connectivity index (χ3n) is 2.78. The van der Waals surface area contributed by atoms with Gasteiger partial charge in [0.05, 0.1) is 0 Å². The molecule has 0 saturated carbocycles. The van der Waals surface area contributed by atoms with E-state index in [2.05, 4.69) is 36.5 Å². The fraction of sp³-hybridized carbons (Fsp3) is 0.267. The smallest absolute Gasteiger partial charge is 0.274 e. The van der Waals surface area contributed by atoms with Crippen LogP contribution in [0, 0.1) is 0 Å². The Bertz CT molecular complexity index is 636. The molecule has 0 atom stereocenters. The summed E-state index contributed by atoms with van der Waals surface area (Å²) in [6, 6.07) is 8.95. The minimum atomic E-state index is -0.277. The molecule has 2 N–H and O–H groups in total. The van der Waals surface area contributed by atoms with Gasteiger partial charge < -0.3 is 15.4 Å². The predicted octanol–water partition coefficient (Wildman–Crippen LogP) is 2.94. The van der Waals surface area contributed by atoms with Gasteiger partial charge in [-0.05, 0) is 30.7 Å². The minimum absolute atomic E-state index is 0.277. The van der Waals surface area contributed by atoms with Crippen LogP contribution in [0.15, 0.2) is 41.0 Å². The molecule has 2 rings (SSSR count). The van der Waals surface area contributed by atoms with Gasteiger partial charge in [-0.2, -0.15) is 0 Å². The van der Waals surface area contributed by atoms with Crippen LogP contribution >= 0.6 is 15.9 Å². The van der Waals surface area contributed by atoms with Crippen molar-refractivity contribution in [1.29, 1.82) is 0 Å². The molecule has 22 heavy (non-hydrogen) atoms. The standard InChI is InChI=1S/C15H17BrN4O2/c1-22-9-3-7-17-15-18-8-6-13(20-15)14(21)19-12-5-2-4-11(16)10-12/h2,4-6,8,10H,3,7,9H2,1H3,(H,19,21)(H,17,18,20). The van der Waals surface area contributed by atoms with Crippen molar-refractivity contribution in [2.24, 2.45) is 0 Å². The Kier molecular flexibility index (Phi) is 6.29. The Balaban J connectivity index is 1.97. The van der Waals surface area contributed by atoms with E-state index >= 15 is 0 Å². The largest absolute Gasteiger partial charge is 0.385 e. The van der Waals surface area contributed by atoms with Crippen molar-refractivity contribution in [2.75, 3.05) is 30.9 Å². The van der Waals surface area contributed by atoms with Gasteiger partial charge in [0.2, 0.25) is 5.95 Å². The van der Waals surface area contributed by atoms with Crippen molar-refractivity contribution in [3.8, 4) is 0 Å². The minimum Gasteiger partial charge on any atom is -0.385 e. The van der Waals surface area contributed by atoms with E-state index in [1.54, 1.807) is 19.4 Å². The number of hydrogen-bond acceptors (Lipinski definition) is 5.